The normalized spacial score (nSPS) is 15.1. The lowest BCUT2D eigenvalue weighted by molar-refractivity contribution is 0.286. The topological polar surface area (TPSA) is 73.1 Å². The molecule has 5 nitrogen and oxygen atoms in total. The van der Waals surface area contributed by atoms with Crippen molar-refractivity contribution in [2.45, 2.75) is 39.0 Å². The quantitative estimate of drug-likeness (QED) is 0.584. The largest absolute Gasteiger partial charge is 0.477 e. The van der Waals surface area contributed by atoms with Crippen LogP contribution in [0.1, 0.15) is 44.6 Å². The highest BCUT2D eigenvalue weighted by molar-refractivity contribution is 5.49. The fraction of sp³-hybridized carbons (Fsp3) is 0.667. The number of nitrogens with two attached hydrogens (primary N) is 1. The van der Waals surface area contributed by atoms with Gasteiger partial charge in [-0.3, -0.25) is 0 Å². The predicted molar refractivity (Wildman–Crippen MR) is 66.8 cm³/mol. The lowest BCUT2D eigenvalue weighted by Crippen LogP contribution is -2.14. The first kappa shape index (κ1) is 12.1. The van der Waals surface area contributed by atoms with Gasteiger partial charge in [-0.05, 0) is 18.3 Å². The van der Waals surface area contributed by atoms with E-state index in [9.17, 15) is 0 Å². The van der Waals surface area contributed by atoms with Crippen molar-refractivity contribution in [3.63, 3.8) is 0 Å². The van der Waals surface area contributed by atoms with Crippen LogP contribution >= 0.6 is 0 Å². The highest BCUT2D eigenvalue weighted by Crippen LogP contribution is 2.33. The molecule has 0 aromatic carbocycles. The molecule has 0 saturated heterocycles. The molecule has 2 rings (SSSR count). The van der Waals surface area contributed by atoms with Gasteiger partial charge >= 0.3 is 0 Å². The molecule has 1 aliphatic carbocycles. The Hall–Kier alpha value is -1.36. The standard InChI is InChI=1S/C12H20N4O/c1-8(2)10-11(16-13)14-7-15-12(10)17-6-5-9-3-4-9/h7-9H,3-6,13H2,1-2H3,(H,14,15,16). The number of nitrogens with zero attached hydrogens (tertiary/aromatic N) is 2. The van der Waals surface area contributed by atoms with Crippen LogP contribution in [0.15, 0.2) is 6.33 Å². The molecule has 0 unspecified atom stereocenters. The van der Waals surface area contributed by atoms with E-state index < -0.39 is 0 Å². The van der Waals surface area contributed by atoms with E-state index in [1.54, 1.807) is 0 Å². The zero-order chi connectivity index (χ0) is 12.3. The molecule has 1 heterocycles. The Morgan fingerprint density at radius 3 is 2.82 bits per heavy atom. The Labute approximate surface area is 102 Å². The molecule has 0 atom stereocenters. The smallest absolute Gasteiger partial charge is 0.222 e. The van der Waals surface area contributed by atoms with Crippen molar-refractivity contribution in [2.75, 3.05) is 12.0 Å². The second-order valence-electron chi connectivity index (χ2n) is 4.82. The summed E-state index contributed by atoms with van der Waals surface area (Å²) in [4.78, 5) is 8.30. The molecule has 5 heteroatoms. The van der Waals surface area contributed by atoms with E-state index in [4.69, 9.17) is 10.6 Å². The minimum absolute atomic E-state index is 0.276. The van der Waals surface area contributed by atoms with Crippen LogP contribution in [0.5, 0.6) is 5.88 Å². The summed E-state index contributed by atoms with van der Waals surface area (Å²) in [6.07, 6.45) is 5.29. The van der Waals surface area contributed by atoms with Gasteiger partial charge in [-0.15, -0.1) is 0 Å². The number of anilines is 1. The van der Waals surface area contributed by atoms with E-state index in [0.717, 1.165) is 24.5 Å². The van der Waals surface area contributed by atoms with Gasteiger partial charge in [0.15, 0.2) is 5.82 Å². The zero-order valence-electron chi connectivity index (χ0n) is 10.4. The Bertz CT molecular complexity index is 377. The van der Waals surface area contributed by atoms with Gasteiger partial charge in [0.1, 0.15) is 6.33 Å². The fourth-order valence-electron chi connectivity index (χ4n) is 1.86. The van der Waals surface area contributed by atoms with Gasteiger partial charge in [-0.25, -0.2) is 15.8 Å². The summed E-state index contributed by atoms with van der Waals surface area (Å²) in [7, 11) is 0. The van der Waals surface area contributed by atoms with Crippen molar-refractivity contribution in [1.29, 1.82) is 0 Å². The third kappa shape index (κ3) is 3.06. The molecule has 0 spiro atoms. The van der Waals surface area contributed by atoms with Crippen LogP contribution in [0.3, 0.4) is 0 Å². The van der Waals surface area contributed by atoms with Crippen LogP contribution in [-0.2, 0) is 0 Å². The molecule has 0 aliphatic heterocycles. The van der Waals surface area contributed by atoms with E-state index in [2.05, 4.69) is 29.2 Å². The van der Waals surface area contributed by atoms with E-state index in [1.165, 1.54) is 19.2 Å². The van der Waals surface area contributed by atoms with Crippen molar-refractivity contribution in [1.82, 2.24) is 9.97 Å². The zero-order valence-corrected chi connectivity index (χ0v) is 10.4. The molecular formula is C12H20N4O. The summed E-state index contributed by atoms with van der Waals surface area (Å²) >= 11 is 0. The SMILES string of the molecule is CC(C)c1c(NN)ncnc1OCCC1CC1. The minimum atomic E-state index is 0.276. The van der Waals surface area contributed by atoms with Crippen LogP contribution in [-0.4, -0.2) is 16.6 Å². The molecule has 17 heavy (non-hydrogen) atoms. The molecule has 1 aromatic heterocycles. The van der Waals surface area contributed by atoms with Crippen molar-refractivity contribution < 1.29 is 4.74 Å². The number of nitrogens with one attached hydrogen (secondary N) is 1. The summed E-state index contributed by atoms with van der Waals surface area (Å²) in [6.45, 7) is 4.88. The molecule has 3 N–H and O–H groups in total. The highest BCUT2D eigenvalue weighted by Gasteiger charge is 2.21. The van der Waals surface area contributed by atoms with Crippen molar-refractivity contribution >= 4 is 5.82 Å². The van der Waals surface area contributed by atoms with Gasteiger partial charge in [0, 0.05) is 0 Å². The maximum Gasteiger partial charge on any atom is 0.222 e. The van der Waals surface area contributed by atoms with E-state index in [1.807, 2.05) is 0 Å². The molecule has 0 radical (unpaired) electrons. The van der Waals surface area contributed by atoms with Gasteiger partial charge in [-0.1, -0.05) is 26.7 Å². The van der Waals surface area contributed by atoms with Gasteiger partial charge in [0.2, 0.25) is 5.88 Å². The molecule has 0 amide bonds. The van der Waals surface area contributed by atoms with Gasteiger partial charge in [-0.2, -0.15) is 0 Å². The second-order valence-corrected chi connectivity index (χ2v) is 4.82. The second kappa shape index (κ2) is 5.31. The molecule has 1 fully saturated rings. The first-order valence-corrected chi connectivity index (χ1v) is 6.16. The first-order valence-electron chi connectivity index (χ1n) is 6.16. The summed E-state index contributed by atoms with van der Waals surface area (Å²) in [5.41, 5.74) is 3.55. The summed E-state index contributed by atoms with van der Waals surface area (Å²) in [6, 6.07) is 0. The highest BCUT2D eigenvalue weighted by atomic mass is 16.5. The fourth-order valence-corrected chi connectivity index (χ4v) is 1.86. The van der Waals surface area contributed by atoms with Crippen LogP contribution in [0, 0.1) is 5.92 Å². The number of ether oxygens (including phenoxy) is 1. The van der Waals surface area contributed by atoms with Crippen LogP contribution in [0.4, 0.5) is 5.82 Å². The summed E-state index contributed by atoms with van der Waals surface area (Å²) in [5.74, 6) is 7.90. The van der Waals surface area contributed by atoms with Gasteiger partial charge in [0.05, 0.1) is 12.2 Å². The number of hydrogen-bond donors (Lipinski definition) is 2. The minimum Gasteiger partial charge on any atom is -0.477 e. The van der Waals surface area contributed by atoms with E-state index >= 15 is 0 Å². The van der Waals surface area contributed by atoms with Crippen molar-refractivity contribution in [3.05, 3.63) is 11.9 Å². The van der Waals surface area contributed by atoms with Crippen molar-refractivity contribution in [3.8, 4) is 5.88 Å². The monoisotopic (exact) mass is 236 g/mol. The van der Waals surface area contributed by atoms with Crippen molar-refractivity contribution in [2.24, 2.45) is 11.8 Å². The average molecular weight is 236 g/mol. The molecule has 1 saturated carbocycles. The Morgan fingerprint density at radius 1 is 1.47 bits per heavy atom. The van der Waals surface area contributed by atoms with E-state index in [-0.39, 0.29) is 5.92 Å². The Kier molecular flexibility index (Phi) is 3.78. The molecule has 1 aliphatic rings. The van der Waals surface area contributed by atoms with E-state index in [0.29, 0.717) is 11.7 Å². The molecule has 0 bridgehead atoms. The van der Waals surface area contributed by atoms with Gasteiger partial charge < -0.3 is 10.2 Å². The summed E-state index contributed by atoms with van der Waals surface area (Å²) in [5, 5.41) is 0. The number of rotatable bonds is 6. The summed E-state index contributed by atoms with van der Waals surface area (Å²) < 4.78 is 5.75. The van der Waals surface area contributed by atoms with Crippen LogP contribution in [0.2, 0.25) is 0 Å². The molecule has 94 valence electrons. The Balaban J connectivity index is 2.07. The first-order chi connectivity index (χ1) is 8.22. The third-order valence-corrected chi connectivity index (χ3v) is 3.02. The lowest BCUT2D eigenvalue weighted by atomic mass is 10.1. The number of aromatic nitrogens is 2. The maximum absolute atomic E-state index is 5.75. The number of nitrogen functional groups attached to an aromatic ring is 1. The molecular weight excluding hydrogens is 216 g/mol. The number of hydrazine groups is 1. The maximum atomic E-state index is 5.75. The third-order valence-electron chi connectivity index (χ3n) is 3.02. The Morgan fingerprint density at radius 2 is 2.24 bits per heavy atom. The van der Waals surface area contributed by atoms with Crippen LogP contribution in [0.25, 0.3) is 0 Å². The van der Waals surface area contributed by atoms with Crippen LogP contribution < -0.4 is 16.0 Å². The predicted octanol–water partition coefficient (Wildman–Crippen LogP) is 2.06. The average Bonchev–Trinajstić information content (AvgIpc) is 3.12. The number of hydrogen-bond acceptors (Lipinski definition) is 5. The molecule has 1 aromatic rings. The lowest BCUT2D eigenvalue weighted by Gasteiger charge is -2.15. The van der Waals surface area contributed by atoms with Gasteiger partial charge in [0.25, 0.3) is 0 Å².